The number of nitrogens with zero attached hydrogens (tertiary/aromatic N) is 3. The Morgan fingerprint density at radius 2 is 2.14 bits per heavy atom. The van der Waals surface area contributed by atoms with Gasteiger partial charge in [-0.15, -0.1) is 0 Å². The zero-order chi connectivity index (χ0) is 15.1. The van der Waals surface area contributed by atoms with Crippen molar-refractivity contribution in [2.24, 2.45) is 0 Å². The molecular formula is C17H27N3O. The van der Waals surface area contributed by atoms with Gasteiger partial charge in [-0.2, -0.15) is 0 Å². The van der Waals surface area contributed by atoms with Crippen molar-refractivity contribution in [3.05, 3.63) is 29.6 Å². The van der Waals surface area contributed by atoms with Gasteiger partial charge in [-0.25, -0.2) is 0 Å². The number of hydrogen-bond donors (Lipinski definition) is 0. The summed E-state index contributed by atoms with van der Waals surface area (Å²) in [6.07, 6.45) is 7.81. The minimum Gasteiger partial charge on any atom is -0.341 e. The summed E-state index contributed by atoms with van der Waals surface area (Å²) in [5.41, 5.74) is 2.69. The van der Waals surface area contributed by atoms with Gasteiger partial charge in [0, 0.05) is 38.4 Å². The van der Waals surface area contributed by atoms with Crippen LogP contribution in [0.25, 0.3) is 0 Å². The molecule has 1 aromatic rings. The predicted molar refractivity (Wildman–Crippen MR) is 85.2 cm³/mol. The van der Waals surface area contributed by atoms with Crippen molar-refractivity contribution in [3.8, 4) is 0 Å². The number of rotatable bonds is 5. The van der Waals surface area contributed by atoms with E-state index in [-0.39, 0.29) is 0 Å². The van der Waals surface area contributed by atoms with E-state index in [9.17, 15) is 4.79 Å². The predicted octanol–water partition coefficient (Wildman–Crippen LogP) is 2.27. The second-order valence-corrected chi connectivity index (χ2v) is 5.84. The van der Waals surface area contributed by atoms with E-state index in [0.29, 0.717) is 12.3 Å². The largest absolute Gasteiger partial charge is 0.341 e. The maximum atomic E-state index is 11.8. The monoisotopic (exact) mass is 289 g/mol. The van der Waals surface area contributed by atoms with Gasteiger partial charge in [0.15, 0.2) is 0 Å². The van der Waals surface area contributed by atoms with Gasteiger partial charge in [0.2, 0.25) is 5.91 Å². The molecule has 0 aromatic carbocycles. The Bertz CT molecular complexity index is 461. The van der Waals surface area contributed by atoms with Crippen LogP contribution >= 0.6 is 0 Å². The number of carbonyl (C=O) groups is 1. The molecule has 1 aliphatic rings. The molecule has 1 fully saturated rings. The summed E-state index contributed by atoms with van der Waals surface area (Å²) in [7, 11) is 0. The number of pyridine rings is 1. The van der Waals surface area contributed by atoms with Gasteiger partial charge in [-0.05, 0) is 56.5 Å². The molecule has 2 rings (SSSR count). The Labute approximate surface area is 128 Å². The second kappa shape index (κ2) is 8.13. The van der Waals surface area contributed by atoms with Crippen molar-refractivity contribution in [1.29, 1.82) is 0 Å². The summed E-state index contributed by atoms with van der Waals surface area (Å²) < 4.78 is 0. The minimum absolute atomic E-state index is 0.294. The lowest BCUT2D eigenvalue weighted by Gasteiger charge is -2.21. The Morgan fingerprint density at radius 1 is 1.29 bits per heavy atom. The zero-order valence-electron chi connectivity index (χ0n) is 13.3. The van der Waals surface area contributed by atoms with E-state index in [1.54, 1.807) is 0 Å². The number of amides is 1. The van der Waals surface area contributed by atoms with E-state index in [1.807, 2.05) is 24.2 Å². The van der Waals surface area contributed by atoms with Crippen molar-refractivity contribution in [3.63, 3.8) is 0 Å². The highest BCUT2D eigenvalue weighted by molar-refractivity contribution is 5.75. The molecule has 0 aliphatic carbocycles. The Kier molecular flexibility index (Phi) is 6.18. The highest BCUT2D eigenvalue weighted by Crippen LogP contribution is 2.10. The van der Waals surface area contributed by atoms with Crippen molar-refractivity contribution >= 4 is 5.91 Å². The van der Waals surface area contributed by atoms with Gasteiger partial charge in [0.1, 0.15) is 0 Å². The van der Waals surface area contributed by atoms with Gasteiger partial charge in [0.05, 0.1) is 0 Å². The lowest BCUT2D eigenvalue weighted by molar-refractivity contribution is -0.130. The zero-order valence-corrected chi connectivity index (χ0v) is 13.3. The van der Waals surface area contributed by atoms with Crippen LogP contribution in [0.2, 0.25) is 0 Å². The molecular weight excluding hydrogens is 262 g/mol. The first-order valence-electron chi connectivity index (χ1n) is 8.10. The van der Waals surface area contributed by atoms with E-state index in [1.165, 1.54) is 11.1 Å². The quantitative estimate of drug-likeness (QED) is 0.834. The lowest BCUT2D eigenvalue weighted by Crippen LogP contribution is -2.35. The van der Waals surface area contributed by atoms with Crippen LogP contribution in [0.5, 0.6) is 0 Å². The van der Waals surface area contributed by atoms with Crippen LogP contribution in [0.15, 0.2) is 18.5 Å². The summed E-state index contributed by atoms with van der Waals surface area (Å²) in [5.74, 6) is 0.294. The minimum atomic E-state index is 0.294. The van der Waals surface area contributed by atoms with E-state index in [0.717, 1.165) is 52.0 Å². The summed E-state index contributed by atoms with van der Waals surface area (Å²) in [4.78, 5) is 20.5. The van der Waals surface area contributed by atoms with Gasteiger partial charge < -0.3 is 9.80 Å². The fourth-order valence-corrected chi connectivity index (χ4v) is 2.92. The van der Waals surface area contributed by atoms with E-state index in [4.69, 9.17) is 0 Å². The Hall–Kier alpha value is -1.42. The molecule has 0 unspecified atom stereocenters. The molecule has 0 bridgehead atoms. The normalized spacial score (nSPS) is 16.8. The Balaban J connectivity index is 1.74. The number of aryl methyl sites for hydroxylation is 2. The molecule has 0 atom stereocenters. The van der Waals surface area contributed by atoms with Gasteiger partial charge in [-0.3, -0.25) is 9.78 Å². The van der Waals surface area contributed by atoms with E-state index in [2.05, 4.69) is 22.9 Å². The standard InChI is InChI=1S/C17H27N3O/c1-3-17(21)20-11-5-10-19(12-13-20)9-4-6-16-14-18-8-7-15(16)2/h7-8,14H,3-6,9-13H2,1-2H3. The SMILES string of the molecule is CCC(=O)N1CCCN(CCCc2cnccc2C)CC1. The van der Waals surface area contributed by atoms with Crippen LogP contribution < -0.4 is 0 Å². The van der Waals surface area contributed by atoms with Crippen LogP contribution in [0, 0.1) is 6.92 Å². The average molecular weight is 289 g/mol. The molecule has 4 heteroatoms. The molecule has 1 aliphatic heterocycles. The van der Waals surface area contributed by atoms with Crippen LogP contribution in [-0.4, -0.2) is 53.4 Å². The van der Waals surface area contributed by atoms with Crippen LogP contribution in [0.3, 0.4) is 0 Å². The first-order valence-corrected chi connectivity index (χ1v) is 8.10. The first kappa shape index (κ1) is 16.0. The van der Waals surface area contributed by atoms with Crippen molar-refractivity contribution in [2.45, 2.75) is 39.5 Å². The topological polar surface area (TPSA) is 36.4 Å². The summed E-state index contributed by atoms with van der Waals surface area (Å²) in [6, 6.07) is 2.08. The fraction of sp³-hybridized carbons (Fsp3) is 0.647. The molecule has 0 radical (unpaired) electrons. The fourth-order valence-electron chi connectivity index (χ4n) is 2.92. The second-order valence-electron chi connectivity index (χ2n) is 5.84. The first-order chi connectivity index (χ1) is 10.2. The molecule has 21 heavy (non-hydrogen) atoms. The van der Waals surface area contributed by atoms with Gasteiger partial charge >= 0.3 is 0 Å². The molecule has 1 aromatic heterocycles. The van der Waals surface area contributed by atoms with Crippen molar-refractivity contribution in [1.82, 2.24) is 14.8 Å². The van der Waals surface area contributed by atoms with E-state index >= 15 is 0 Å². The average Bonchev–Trinajstić information content (AvgIpc) is 2.74. The molecule has 0 N–H and O–H groups in total. The molecule has 1 saturated heterocycles. The van der Waals surface area contributed by atoms with E-state index < -0.39 is 0 Å². The molecule has 1 amide bonds. The van der Waals surface area contributed by atoms with Gasteiger partial charge in [0.25, 0.3) is 0 Å². The summed E-state index contributed by atoms with van der Waals surface area (Å²) in [6.45, 7) is 9.14. The molecule has 2 heterocycles. The molecule has 116 valence electrons. The Morgan fingerprint density at radius 3 is 2.90 bits per heavy atom. The highest BCUT2D eigenvalue weighted by Gasteiger charge is 2.17. The van der Waals surface area contributed by atoms with Crippen LogP contribution in [0.1, 0.15) is 37.3 Å². The van der Waals surface area contributed by atoms with Gasteiger partial charge in [-0.1, -0.05) is 6.92 Å². The summed E-state index contributed by atoms with van der Waals surface area (Å²) in [5, 5.41) is 0. The van der Waals surface area contributed by atoms with Crippen molar-refractivity contribution in [2.75, 3.05) is 32.7 Å². The number of aromatic nitrogens is 1. The maximum absolute atomic E-state index is 11.8. The van der Waals surface area contributed by atoms with Crippen LogP contribution in [-0.2, 0) is 11.2 Å². The van der Waals surface area contributed by atoms with Crippen molar-refractivity contribution < 1.29 is 4.79 Å². The van der Waals surface area contributed by atoms with Crippen LogP contribution in [0.4, 0.5) is 0 Å². The highest BCUT2D eigenvalue weighted by atomic mass is 16.2. The third kappa shape index (κ3) is 4.81. The maximum Gasteiger partial charge on any atom is 0.222 e. The number of hydrogen-bond acceptors (Lipinski definition) is 3. The summed E-state index contributed by atoms with van der Waals surface area (Å²) >= 11 is 0. The third-order valence-electron chi connectivity index (χ3n) is 4.31. The molecule has 0 spiro atoms. The number of carbonyl (C=O) groups excluding carboxylic acids is 1. The third-order valence-corrected chi connectivity index (χ3v) is 4.31. The molecule has 4 nitrogen and oxygen atoms in total. The smallest absolute Gasteiger partial charge is 0.222 e. The lowest BCUT2D eigenvalue weighted by atomic mass is 10.1. The molecule has 0 saturated carbocycles.